The van der Waals surface area contributed by atoms with Crippen LogP contribution in [0.5, 0.6) is 0 Å². The van der Waals surface area contributed by atoms with Gasteiger partial charge in [0.25, 0.3) is 0 Å². The molecule has 4 aromatic rings. The molecular formula is C30H36N4O4. The summed E-state index contributed by atoms with van der Waals surface area (Å²) >= 11 is 0. The third kappa shape index (κ3) is 6.13. The van der Waals surface area contributed by atoms with E-state index in [1.165, 1.54) is 25.7 Å². The first-order valence-corrected chi connectivity index (χ1v) is 13.6. The maximum absolute atomic E-state index is 13.2. The van der Waals surface area contributed by atoms with Crippen molar-refractivity contribution in [3.63, 3.8) is 0 Å². The molecule has 8 nitrogen and oxygen atoms in total. The summed E-state index contributed by atoms with van der Waals surface area (Å²) in [6.07, 6.45) is 8.66. The number of para-hydroxylation sites is 2. The van der Waals surface area contributed by atoms with Crippen LogP contribution in [-0.4, -0.2) is 39.7 Å². The van der Waals surface area contributed by atoms with E-state index in [2.05, 4.69) is 6.92 Å². The number of benzene rings is 2. The Kier molecular flexibility index (Phi) is 9.30. The summed E-state index contributed by atoms with van der Waals surface area (Å²) in [6, 6.07) is 14.3. The van der Waals surface area contributed by atoms with E-state index in [4.69, 9.17) is 25.2 Å². The third-order valence-corrected chi connectivity index (χ3v) is 6.48. The molecule has 2 heterocycles. The molecule has 0 saturated heterocycles. The van der Waals surface area contributed by atoms with Crippen LogP contribution in [-0.2, 0) is 9.47 Å². The number of rotatable bonds is 13. The number of carbonyl (C=O) groups excluding carboxylic acids is 2. The highest BCUT2D eigenvalue weighted by molar-refractivity contribution is 6.09. The maximum Gasteiger partial charge on any atom is 0.344 e. The largest absolute Gasteiger partial charge is 0.462 e. The zero-order chi connectivity index (χ0) is 26.9. The summed E-state index contributed by atoms with van der Waals surface area (Å²) in [5.74, 6) is -0.702. The van der Waals surface area contributed by atoms with Gasteiger partial charge in [0, 0.05) is 5.69 Å². The van der Waals surface area contributed by atoms with Gasteiger partial charge in [-0.05, 0) is 49.2 Å². The standard InChI is InChI=1S/C30H36N4O4/c1-3-5-6-7-8-9-12-20-38-30(36)25-26-28(33-24-14-11-10-13-23(24)32-26)34(27(25)31)22-17-15-21(16-18-22)29(35)37-19-4-2/h10-11,13-18H,3-9,12,19-20,31H2,1-2H3. The highest BCUT2D eigenvalue weighted by atomic mass is 16.5. The van der Waals surface area contributed by atoms with E-state index in [-0.39, 0.29) is 17.4 Å². The van der Waals surface area contributed by atoms with Crippen LogP contribution in [0.3, 0.4) is 0 Å². The van der Waals surface area contributed by atoms with Crippen molar-refractivity contribution < 1.29 is 19.1 Å². The number of esters is 2. The van der Waals surface area contributed by atoms with E-state index in [1.54, 1.807) is 28.8 Å². The Morgan fingerprint density at radius 1 is 0.763 bits per heavy atom. The average Bonchev–Trinajstić information content (AvgIpc) is 3.22. The first-order chi connectivity index (χ1) is 18.5. The maximum atomic E-state index is 13.2. The monoisotopic (exact) mass is 516 g/mol. The topological polar surface area (TPSA) is 109 Å². The number of hydrogen-bond donors (Lipinski definition) is 1. The predicted molar refractivity (Wildman–Crippen MR) is 150 cm³/mol. The van der Waals surface area contributed by atoms with Crippen LogP contribution in [0, 0.1) is 0 Å². The Morgan fingerprint density at radius 3 is 2.08 bits per heavy atom. The van der Waals surface area contributed by atoms with Crippen LogP contribution in [0.4, 0.5) is 5.82 Å². The van der Waals surface area contributed by atoms with Crippen molar-refractivity contribution in [2.24, 2.45) is 0 Å². The van der Waals surface area contributed by atoms with Gasteiger partial charge in [-0.1, -0.05) is 64.5 Å². The molecule has 0 spiro atoms. The van der Waals surface area contributed by atoms with Gasteiger partial charge in [0.15, 0.2) is 5.65 Å². The predicted octanol–water partition coefficient (Wildman–Crippen LogP) is 6.63. The van der Waals surface area contributed by atoms with E-state index in [9.17, 15) is 9.59 Å². The smallest absolute Gasteiger partial charge is 0.344 e. The van der Waals surface area contributed by atoms with E-state index in [0.717, 1.165) is 25.7 Å². The zero-order valence-electron chi connectivity index (χ0n) is 22.2. The molecule has 2 aromatic carbocycles. The van der Waals surface area contributed by atoms with Crippen LogP contribution in [0.2, 0.25) is 0 Å². The number of anilines is 1. The van der Waals surface area contributed by atoms with Crippen molar-refractivity contribution in [3.8, 4) is 5.69 Å². The second-order valence-electron chi connectivity index (χ2n) is 9.42. The molecule has 200 valence electrons. The summed E-state index contributed by atoms with van der Waals surface area (Å²) in [4.78, 5) is 35.0. The van der Waals surface area contributed by atoms with Gasteiger partial charge in [-0.15, -0.1) is 0 Å². The second kappa shape index (κ2) is 13.0. The Hall–Kier alpha value is -3.94. The molecule has 0 aliphatic carbocycles. The highest BCUT2D eigenvalue weighted by Gasteiger charge is 2.26. The fourth-order valence-electron chi connectivity index (χ4n) is 4.45. The lowest BCUT2D eigenvalue weighted by Gasteiger charge is -2.09. The minimum Gasteiger partial charge on any atom is -0.462 e. The molecule has 0 atom stereocenters. The number of hydrogen-bond acceptors (Lipinski definition) is 7. The number of nitrogens with zero attached hydrogens (tertiary/aromatic N) is 3. The van der Waals surface area contributed by atoms with Gasteiger partial charge in [-0.2, -0.15) is 0 Å². The minimum absolute atomic E-state index is 0.196. The van der Waals surface area contributed by atoms with Crippen LogP contribution < -0.4 is 5.73 Å². The van der Waals surface area contributed by atoms with E-state index in [0.29, 0.717) is 46.7 Å². The molecule has 0 bridgehead atoms. The number of aromatic nitrogens is 3. The van der Waals surface area contributed by atoms with Gasteiger partial charge in [0.1, 0.15) is 16.9 Å². The second-order valence-corrected chi connectivity index (χ2v) is 9.42. The van der Waals surface area contributed by atoms with E-state index < -0.39 is 5.97 Å². The summed E-state index contributed by atoms with van der Waals surface area (Å²) in [5, 5.41) is 0. The fraction of sp³-hybridized carbons (Fsp3) is 0.400. The first-order valence-electron chi connectivity index (χ1n) is 13.6. The molecule has 2 N–H and O–H groups in total. The Morgan fingerprint density at radius 2 is 1.39 bits per heavy atom. The molecule has 8 heteroatoms. The summed E-state index contributed by atoms with van der Waals surface area (Å²) < 4.78 is 12.5. The number of fused-ring (bicyclic) bond motifs is 2. The number of ether oxygens (including phenoxy) is 2. The number of nitrogens with two attached hydrogens (primary N) is 1. The van der Waals surface area contributed by atoms with Crippen LogP contribution in [0.1, 0.15) is 85.9 Å². The summed E-state index contributed by atoms with van der Waals surface area (Å²) in [6.45, 7) is 4.84. The lowest BCUT2D eigenvalue weighted by atomic mass is 10.1. The summed E-state index contributed by atoms with van der Waals surface area (Å²) in [5.41, 5.74) is 10.0. The van der Waals surface area contributed by atoms with Crippen LogP contribution in [0.15, 0.2) is 48.5 Å². The van der Waals surface area contributed by atoms with E-state index in [1.807, 2.05) is 31.2 Å². The Balaban J connectivity index is 1.61. The van der Waals surface area contributed by atoms with Gasteiger partial charge in [0.05, 0.1) is 29.8 Å². The Labute approximate surface area is 223 Å². The molecule has 0 aliphatic heterocycles. The van der Waals surface area contributed by atoms with Crippen molar-refractivity contribution >= 4 is 40.0 Å². The van der Waals surface area contributed by atoms with Crippen molar-refractivity contribution in [3.05, 3.63) is 59.7 Å². The highest BCUT2D eigenvalue weighted by Crippen LogP contribution is 2.31. The van der Waals surface area contributed by atoms with Crippen LogP contribution >= 0.6 is 0 Å². The molecule has 0 saturated carbocycles. The molecule has 38 heavy (non-hydrogen) atoms. The number of unbranched alkanes of at least 4 members (excludes halogenated alkanes) is 6. The van der Waals surface area contributed by atoms with E-state index >= 15 is 0 Å². The van der Waals surface area contributed by atoms with Gasteiger partial charge in [0.2, 0.25) is 0 Å². The number of nitrogen functional groups attached to an aromatic ring is 1. The van der Waals surface area contributed by atoms with Gasteiger partial charge < -0.3 is 15.2 Å². The Bertz CT molecular complexity index is 1400. The normalized spacial score (nSPS) is 11.2. The van der Waals surface area contributed by atoms with Gasteiger partial charge in [-0.3, -0.25) is 4.57 Å². The molecule has 4 rings (SSSR count). The SMILES string of the molecule is CCCCCCCCCOC(=O)c1c(N)n(-c2ccc(C(=O)OCCC)cc2)c2nc3ccccc3nc12. The minimum atomic E-state index is -0.512. The average molecular weight is 517 g/mol. The molecule has 0 fully saturated rings. The quantitative estimate of drug-likeness (QED) is 0.157. The molecule has 0 amide bonds. The lowest BCUT2D eigenvalue weighted by Crippen LogP contribution is -2.10. The van der Waals surface area contributed by atoms with Crippen molar-refractivity contribution in [2.45, 2.75) is 65.2 Å². The van der Waals surface area contributed by atoms with Crippen molar-refractivity contribution in [1.82, 2.24) is 14.5 Å². The molecule has 0 radical (unpaired) electrons. The van der Waals surface area contributed by atoms with Gasteiger partial charge in [-0.25, -0.2) is 19.6 Å². The third-order valence-electron chi connectivity index (χ3n) is 6.48. The lowest BCUT2D eigenvalue weighted by molar-refractivity contribution is 0.0493. The van der Waals surface area contributed by atoms with Crippen molar-refractivity contribution in [2.75, 3.05) is 18.9 Å². The summed E-state index contributed by atoms with van der Waals surface area (Å²) in [7, 11) is 0. The van der Waals surface area contributed by atoms with Crippen LogP contribution in [0.25, 0.3) is 27.9 Å². The zero-order valence-corrected chi connectivity index (χ0v) is 22.2. The molecular weight excluding hydrogens is 480 g/mol. The molecule has 0 unspecified atom stereocenters. The first kappa shape index (κ1) is 27.1. The van der Waals surface area contributed by atoms with Gasteiger partial charge >= 0.3 is 11.9 Å². The fourth-order valence-corrected chi connectivity index (χ4v) is 4.45. The number of carbonyl (C=O) groups is 2. The molecule has 0 aliphatic rings. The molecule has 2 aromatic heterocycles. The van der Waals surface area contributed by atoms with Crippen molar-refractivity contribution in [1.29, 1.82) is 0 Å².